The lowest BCUT2D eigenvalue weighted by atomic mass is 10.2. The van der Waals surface area contributed by atoms with Crippen molar-refractivity contribution in [1.82, 2.24) is 5.16 Å². The Hall–Kier alpha value is -2.30. The van der Waals surface area contributed by atoms with Crippen LogP contribution in [0, 0.1) is 6.92 Å². The van der Waals surface area contributed by atoms with Gasteiger partial charge in [-0.1, -0.05) is 5.16 Å². The predicted molar refractivity (Wildman–Crippen MR) is 65.1 cm³/mol. The molecule has 0 N–H and O–H groups in total. The number of rotatable bonds is 3. The number of benzene rings is 1. The van der Waals surface area contributed by atoms with E-state index in [1.165, 1.54) is 0 Å². The monoisotopic (exact) mass is 244 g/mol. The van der Waals surface area contributed by atoms with Crippen molar-refractivity contribution in [3.63, 3.8) is 0 Å². The first-order chi connectivity index (χ1) is 8.81. The summed E-state index contributed by atoms with van der Waals surface area (Å²) in [5.41, 5.74) is 1.74. The van der Waals surface area contributed by atoms with Gasteiger partial charge in [-0.25, -0.2) is 4.99 Å². The van der Waals surface area contributed by atoms with Crippen LogP contribution >= 0.6 is 0 Å². The molecule has 1 aromatic heterocycles. The SMILES string of the molecule is Cc1cc(Oc2ccc(C3=NCCO3)cc2)on1. The highest BCUT2D eigenvalue weighted by atomic mass is 16.6. The van der Waals surface area contributed by atoms with Crippen molar-refractivity contribution in [3.05, 3.63) is 41.6 Å². The van der Waals surface area contributed by atoms with Crippen LogP contribution in [0.4, 0.5) is 0 Å². The molecule has 0 radical (unpaired) electrons. The molecule has 2 heterocycles. The van der Waals surface area contributed by atoms with Gasteiger partial charge in [0, 0.05) is 11.6 Å². The first-order valence-electron chi connectivity index (χ1n) is 5.70. The average molecular weight is 244 g/mol. The minimum absolute atomic E-state index is 0.384. The molecule has 3 rings (SSSR count). The Morgan fingerprint density at radius 3 is 2.67 bits per heavy atom. The van der Waals surface area contributed by atoms with Gasteiger partial charge in [-0.3, -0.25) is 0 Å². The Labute approximate surface area is 104 Å². The van der Waals surface area contributed by atoms with Gasteiger partial charge in [-0.15, -0.1) is 0 Å². The van der Waals surface area contributed by atoms with Gasteiger partial charge in [-0.05, 0) is 31.2 Å². The molecule has 0 fully saturated rings. The topological polar surface area (TPSA) is 56.9 Å². The fourth-order valence-electron chi connectivity index (χ4n) is 1.68. The van der Waals surface area contributed by atoms with Crippen LogP contribution in [0.5, 0.6) is 11.7 Å². The van der Waals surface area contributed by atoms with Gasteiger partial charge in [-0.2, -0.15) is 0 Å². The summed E-state index contributed by atoms with van der Waals surface area (Å²) in [5, 5.41) is 3.75. The molecule has 18 heavy (non-hydrogen) atoms. The predicted octanol–water partition coefficient (Wildman–Crippen LogP) is 2.55. The maximum absolute atomic E-state index is 5.51. The molecule has 0 unspecified atom stereocenters. The summed E-state index contributed by atoms with van der Waals surface area (Å²) in [4.78, 5) is 4.25. The number of aryl methyl sites for hydroxylation is 1. The number of aromatic nitrogens is 1. The highest BCUT2D eigenvalue weighted by molar-refractivity contribution is 5.95. The van der Waals surface area contributed by atoms with Crippen molar-refractivity contribution in [2.24, 2.45) is 4.99 Å². The standard InChI is InChI=1S/C13H12N2O3/c1-9-8-12(18-15-9)17-11-4-2-10(3-5-11)13-14-6-7-16-13/h2-5,8H,6-7H2,1H3. The Balaban J connectivity index is 1.74. The fourth-order valence-corrected chi connectivity index (χ4v) is 1.68. The van der Waals surface area contributed by atoms with Gasteiger partial charge in [0.2, 0.25) is 5.90 Å². The normalized spacial score (nSPS) is 14.2. The van der Waals surface area contributed by atoms with Crippen LogP contribution in [0.1, 0.15) is 11.3 Å². The molecule has 0 atom stereocenters. The molecule has 0 bridgehead atoms. The molecular formula is C13H12N2O3. The summed E-state index contributed by atoms with van der Waals surface area (Å²) in [6.45, 7) is 3.23. The summed E-state index contributed by atoms with van der Waals surface area (Å²) in [6, 6.07) is 9.23. The minimum Gasteiger partial charge on any atom is -0.476 e. The van der Waals surface area contributed by atoms with Gasteiger partial charge in [0.05, 0.1) is 12.2 Å². The van der Waals surface area contributed by atoms with Crippen molar-refractivity contribution in [2.75, 3.05) is 13.2 Å². The van der Waals surface area contributed by atoms with Crippen molar-refractivity contribution in [1.29, 1.82) is 0 Å². The van der Waals surface area contributed by atoms with Gasteiger partial charge in [0.15, 0.2) is 0 Å². The molecule has 0 amide bonds. The van der Waals surface area contributed by atoms with E-state index >= 15 is 0 Å². The largest absolute Gasteiger partial charge is 0.476 e. The Kier molecular flexibility index (Phi) is 2.72. The average Bonchev–Trinajstić information content (AvgIpc) is 3.02. The van der Waals surface area contributed by atoms with E-state index in [-0.39, 0.29) is 0 Å². The lowest BCUT2D eigenvalue weighted by molar-refractivity contribution is 0.289. The molecule has 1 aliphatic heterocycles. The zero-order valence-corrected chi connectivity index (χ0v) is 9.92. The molecule has 0 saturated carbocycles. The van der Waals surface area contributed by atoms with E-state index < -0.39 is 0 Å². The third-order valence-corrected chi connectivity index (χ3v) is 2.51. The maximum Gasteiger partial charge on any atom is 0.316 e. The first-order valence-corrected chi connectivity index (χ1v) is 5.70. The van der Waals surface area contributed by atoms with Gasteiger partial charge >= 0.3 is 5.95 Å². The lowest BCUT2D eigenvalue weighted by Crippen LogP contribution is -2.00. The van der Waals surface area contributed by atoms with E-state index in [4.69, 9.17) is 14.0 Å². The van der Waals surface area contributed by atoms with Crippen molar-refractivity contribution in [2.45, 2.75) is 6.92 Å². The Bertz CT molecular complexity index is 572. The second-order valence-electron chi connectivity index (χ2n) is 3.95. The molecule has 2 aromatic rings. The van der Waals surface area contributed by atoms with Crippen LogP contribution in [-0.2, 0) is 4.74 Å². The number of hydrogen-bond acceptors (Lipinski definition) is 5. The number of hydrogen-bond donors (Lipinski definition) is 0. The number of nitrogens with zero attached hydrogens (tertiary/aromatic N) is 2. The summed E-state index contributed by atoms with van der Waals surface area (Å²) < 4.78 is 15.9. The van der Waals surface area contributed by atoms with Gasteiger partial charge in [0.1, 0.15) is 12.4 Å². The molecule has 5 heteroatoms. The fraction of sp³-hybridized carbons (Fsp3) is 0.231. The quantitative estimate of drug-likeness (QED) is 0.832. The lowest BCUT2D eigenvalue weighted by Gasteiger charge is -2.03. The second-order valence-corrected chi connectivity index (χ2v) is 3.95. The Morgan fingerprint density at radius 2 is 2.06 bits per heavy atom. The summed E-state index contributed by atoms with van der Waals surface area (Å²) in [6.07, 6.45) is 0. The molecule has 0 spiro atoms. The van der Waals surface area contributed by atoms with Crippen LogP contribution in [0.3, 0.4) is 0 Å². The molecule has 0 aliphatic carbocycles. The molecule has 5 nitrogen and oxygen atoms in total. The molecule has 1 aromatic carbocycles. The van der Waals surface area contributed by atoms with Crippen LogP contribution in [0.15, 0.2) is 39.8 Å². The van der Waals surface area contributed by atoms with Crippen LogP contribution in [0.2, 0.25) is 0 Å². The first kappa shape index (κ1) is 10.8. The van der Waals surface area contributed by atoms with Crippen LogP contribution in [0.25, 0.3) is 0 Å². The van der Waals surface area contributed by atoms with Crippen molar-refractivity contribution in [3.8, 4) is 11.7 Å². The van der Waals surface area contributed by atoms with E-state index in [9.17, 15) is 0 Å². The number of ether oxygens (including phenoxy) is 2. The molecule has 1 aliphatic rings. The van der Waals surface area contributed by atoms with E-state index in [1.807, 2.05) is 31.2 Å². The second kappa shape index (κ2) is 4.52. The van der Waals surface area contributed by atoms with E-state index in [1.54, 1.807) is 6.07 Å². The minimum atomic E-state index is 0.384. The molecule has 0 saturated heterocycles. The van der Waals surface area contributed by atoms with Crippen molar-refractivity contribution >= 4 is 5.90 Å². The van der Waals surface area contributed by atoms with Crippen LogP contribution in [-0.4, -0.2) is 24.2 Å². The highest BCUT2D eigenvalue weighted by Gasteiger charge is 2.10. The van der Waals surface area contributed by atoms with E-state index in [2.05, 4.69) is 10.1 Å². The van der Waals surface area contributed by atoms with E-state index in [0.29, 0.717) is 24.2 Å². The smallest absolute Gasteiger partial charge is 0.316 e. The van der Waals surface area contributed by atoms with Crippen molar-refractivity contribution < 1.29 is 14.0 Å². The number of aliphatic imine (C=N–C) groups is 1. The maximum atomic E-state index is 5.51. The summed E-state index contributed by atoms with van der Waals surface area (Å²) >= 11 is 0. The summed E-state index contributed by atoms with van der Waals surface area (Å²) in [7, 11) is 0. The Morgan fingerprint density at radius 1 is 1.22 bits per heavy atom. The third kappa shape index (κ3) is 2.20. The highest BCUT2D eigenvalue weighted by Crippen LogP contribution is 2.22. The zero-order chi connectivity index (χ0) is 12.4. The van der Waals surface area contributed by atoms with Gasteiger partial charge < -0.3 is 14.0 Å². The summed E-state index contributed by atoms with van der Waals surface area (Å²) in [5.74, 6) is 1.76. The zero-order valence-electron chi connectivity index (χ0n) is 9.92. The third-order valence-electron chi connectivity index (χ3n) is 2.51. The van der Waals surface area contributed by atoms with E-state index in [0.717, 1.165) is 17.8 Å². The molecular weight excluding hydrogens is 232 g/mol. The molecule has 92 valence electrons. The van der Waals surface area contributed by atoms with Gasteiger partial charge in [0.25, 0.3) is 0 Å². The van der Waals surface area contributed by atoms with Crippen LogP contribution < -0.4 is 4.74 Å².